The predicted octanol–water partition coefficient (Wildman–Crippen LogP) is 1.39. The number of hydrogen-bond acceptors (Lipinski definition) is 3. The molecule has 1 fully saturated rings. The summed E-state index contributed by atoms with van der Waals surface area (Å²) in [6, 6.07) is 0. The molecule has 2 unspecified atom stereocenters. The van der Waals surface area contributed by atoms with Gasteiger partial charge in [-0.3, -0.25) is 4.79 Å². The third kappa shape index (κ3) is 2.55. The van der Waals surface area contributed by atoms with Gasteiger partial charge in [0.05, 0.1) is 6.61 Å². The van der Waals surface area contributed by atoms with Crippen molar-refractivity contribution in [1.29, 1.82) is 0 Å². The molecule has 3 heteroatoms. The van der Waals surface area contributed by atoms with Gasteiger partial charge in [0.25, 0.3) is 0 Å². The van der Waals surface area contributed by atoms with E-state index in [-0.39, 0.29) is 17.6 Å². The van der Waals surface area contributed by atoms with Crippen LogP contribution < -0.4 is 0 Å². The molecule has 0 saturated carbocycles. The maximum Gasteiger partial charge on any atom is 0.166 e. The second kappa shape index (κ2) is 5.47. The van der Waals surface area contributed by atoms with Gasteiger partial charge in [0, 0.05) is 12.5 Å². The summed E-state index contributed by atoms with van der Waals surface area (Å²) in [5.41, 5.74) is 0. The maximum atomic E-state index is 11.8. The number of aliphatic hydroxyl groups excluding tert-OH is 1. The van der Waals surface area contributed by atoms with Crippen LogP contribution in [0.4, 0.5) is 0 Å². The molecule has 3 nitrogen and oxygen atoms in total. The Bertz CT molecular complexity index is 181. The van der Waals surface area contributed by atoms with Gasteiger partial charge in [-0.15, -0.1) is 0 Å². The largest absolute Gasteiger partial charge is 0.385 e. The van der Waals surface area contributed by atoms with Crippen LogP contribution in [0.2, 0.25) is 0 Å². The van der Waals surface area contributed by atoms with Crippen molar-refractivity contribution < 1.29 is 14.6 Å². The number of carbonyl (C=O) groups is 1. The number of aliphatic hydroxyl groups is 1. The molecule has 0 bridgehead atoms. The van der Waals surface area contributed by atoms with Crippen molar-refractivity contribution in [3.63, 3.8) is 0 Å². The summed E-state index contributed by atoms with van der Waals surface area (Å²) in [6.45, 7) is 5.17. The van der Waals surface area contributed by atoms with Crippen LogP contribution in [-0.2, 0) is 9.53 Å². The van der Waals surface area contributed by atoms with E-state index in [0.29, 0.717) is 13.2 Å². The minimum absolute atomic E-state index is 0.0174. The predicted molar refractivity (Wildman–Crippen MR) is 54.0 cm³/mol. The smallest absolute Gasteiger partial charge is 0.166 e. The quantitative estimate of drug-likeness (QED) is 0.729. The first kappa shape index (κ1) is 11.7. The van der Waals surface area contributed by atoms with E-state index in [1.54, 1.807) is 0 Å². The SMILES string of the molecule is CCC(CC)C(O)C(=O)C1CCOC1. The number of rotatable bonds is 5. The number of ether oxygens (including phenoxy) is 1. The van der Waals surface area contributed by atoms with Gasteiger partial charge in [-0.25, -0.2) is 0 Å². The van der Waals surface area contributed by atoms with Crippen LogP contribution in [0.25, 0.3) is 0 Å². The molecule has 1 rings (SSSR count). The zero-order valence-corrected chi connectivity index (χ0v) is 9.03. The number of Topliss-reactive ketones (excluding diaryl/α,β-unsaturated/α-hetero) is 1. The topological polar surface area (TPSA) is 46.5 Å². The van der Waals surface area contributed by atoms with Crippen molar-refractivity contribution in [3.05, 3.63) is 0 Å². The molecule has 14 heavy (non-hydrogen) atoms. The third-order valence-corrected chi connectivity index (χ3v) is 3.12. The Morgan fingerprint density at radius 2 is 2.14 bits per heavy atom. The molecule has 2 atom stereocenters. The Morgan fingerprint density at radius 3 is 2.57 bits per heavy atom. The van der Waals surface area contributed by atoms with Gasteiger partial charge < -0.3 is 9.84 Å². The highest BCUT2D eigenvalue weighted by Gasteiger charge is 2.31. The van der Waals surface area contributed by atoms with Gasteiger partial charge >= 0.3 is 0 Å². The van der Waals surface area contributed by atoms with Gasteiger partial charge in [0.2, 0.25) is 0 Å². The maximum absolute atomic E-state index is 11.8. The van der Waals surface area contributed by atoms with Crippen LogP contribution in [0.5, 0.6) is 0 Å². The Balaban J connectivity index is 2.49. The molecule has 82 valence electrons. The van der Waals surface area contributed by atoms with Crippen LogP contribution in [0.3, 0.4) is 0 Å². The summed E-state index contributed by atoms with van der Waals surface area (Å²) >= 11 is 0. The fourth-order valence-corrected chi connectivity index (χ4v) is 1.97. The lowest BCUT2D eigenvalue weighted by Crippen LogP contribution is -2.34. The number of carbonyl (C=O) groups excluding carboxylic acids is 1. The summed E-state index contributed by atoms with van der Waals surface area (Å²) < 4.78 is 5.14. The van der Waals surface area contributed by atoms with Crippen molar-refractivity contribution in [3.8, 4) is 0 Å². The molecule has 0 aromatic heterocycles. The van der Waals surface area contributed by atoms with Gasteiger partial charge in [-0.1, -0.05) is 26.7 Å². The summed E-state index contributed by atoms with van der Waals surface area (Å²) in [5.74, 6) is 0.0323. The van der Waals surface area contributed by atoms with Crippen molar-refractivity contribution >= 4 is 5.78 Å². The van der Waals surface area contributed by atoms with Crippen molar-refractivity contribution in [2.75, 3.05) is 13.2 Å². The molecule has 0 amide bonds. The van der Waals surface area contributed by atoms with Gasteiger partial charge in [-0.05, 0) is 12.3 Å². The monoisotopic (exact) mass is 200 g/mol. The summed E-state index contributed by atoms with van der Waals surface area (Å²) in [7, 11) is 0. The summed E-state index contributed by atoms with van der Waals surface area (Å²) in [6.07, 6.45) is 1.71. The van der Waals surface area contributed by atoms with E-state index in [1.165, 1.54) is 0 Å². The average Bonchev–Trinajstić information content (AvgIpc) is 2.71. The summed E-state index contributed by atoms with van der Waals surface area (Å²) in [5, 5.41) is 9.83. The van der Waals surface area contributed by atoms with E-state index in [9.17, 15) is 9.90 Å². The third-order valence-electron chi connectivity index (χ3n) is 3.12. The minimum atomic E-state index is -0.781. The molecule has 0 spiro atoms. The van der Waals surface area contributed by atoms with E-state index >= 15 is 0 Å². The van der Waals surface area contributed by atoms with Crippen LogP contribution in [0.15, 0.2) is 0 Å². The van der Waals surface area contributed by atoms with E-state index < -0.39 is 6.10 Å². The Kier molecular flexibility index (Phi) is 4.55. The first-order valence-electron chi connectivity index (χ1n) is 5.50. The first-order valence-corrected chi connectivity index (χ1v) is 5.50. The van der Waals surface area contributed by atoms with Crippen molar-refractivity contribution in [2.24, 2.45) is 11.8 Å². The van der Waals surface area contributed by atoms with E-state index in [4.69, 9.17) is 4.74 Å². The zero-order valence-electron chi connectivity index (χ0n) is 9.03. The Hall–Kier alpha value is -0.410. The molecule has 0 aromatic carbocycles. The molecule has 1 aliphatic rings. The van der Waals surface area contributed by atoms with E-state index in [0.717, 1.165) is 19.3 Å². The van der Waals surface area contributed by atoms with Crippen LogP contribution in [0, 0.1) is 11.8 Å². The number of ketones is 1. The molecule has 1 heterocycles. The second-order valence-electron chi connectivity index (χ2n) is 3.98. The lowest BCUT2D eigenvalue weighted by Gasteiger charge is -2.20. The highest BCUT2D eigenvalue weighted by molar-refractivity contribution is 5.85. The Morgan fingerprint density at radius 1 is 1.50 bits per heavy atom. The minimum Gasteiger partial charge on any atom is -0.385 e. The van der Waals surface area contributed by atoms with Crippen molar-refractivity contribution in [2.45, 2.75) is 39.2 Å². The van der Waals surface area contributed by atoms with Crippen molar-refractivity contribution in [1.82, 2.24) is 0 Å². The highest BCUT2D eigenvalue weighted by atomic mass is 16.5. The molecular weight excluding hydrogens is 180 g/mol. The Labute approximate surface area is 85.5 Å². The highest BCUT2D eigenvalue weighted by Crippen LogP contribution is 2.21. The van der Waals surface area contributed by atoms with Crippen LogP contribution in [0.1, 0.15) is 33.1 Å². The van der Waals surface area contributed by atoms with Gasteiger partial charge in [0.1, 0.15) is 6.10 Å². The molecular formula is C11H20O3. The molecule has 1 N–H and O–H groups in total. The van der Waals surface area contributed by atoms with Crippen LogP contribution in [-0.4, -0.2) is 30.2 Å². The molecule has 0 radical (unpaired) electrons. The molecule has 0 aliphatic carbocycles. The molecule has 1 aliphatic heterocycles. The zero-order chi connectivity index (χ0) is 10.6. The molecule has 0 aromatic rings. The summed E-state index contributed by atoms with van der Waals surface area (Å²) in [4.78, 5) is 11.8. The van der Waals surface area contributed by atoms with Gasteiger partial charge in [-0.2, -0.15) is 0 Å². The standard InChI is InChI=1S/C11H20O3/c1-3-8(4-2)10(12)11(13)9-5-6-14-7-9/h8-10,12H,3-7H2,1-2H3. The normalized spacial score (nSPS) is 24.1. The lowest BCUT2D eigenvalue weighted by atomic mass is 9.88. The molecule has 1 saturated heterocycles. The van der Waals surface area contributed by atoms with E-state index in [2.05, 4.69) is 0 Å². The first-order chi connectivity index (χ1) is 6.70. The second-order valence-corrected chi connectivity index (χ2v) is 3.98. The van der Waals surface area contributed by atoms with Crippen LogP contribution >= 0.6 is 0 Å². The average molecular weight is 200 g/mol. The fourth-order valence-electron chi connectivity index (χ4n) is 1.97. The van der Waals surface area contributed by atoms with E-state index in [1.807, 2.05) is 13.8 Å². The fraction of sp³-hybridized carbons (Fsp3) is 0.909. The number of hydrogen-bond donors (Lipinski definition) is 1. The lowest BCUT2D eigenvalue weighted by molar-refractivity contribution is -0.134. The van der Waals surface area contributed by atoms with Gasteiger partial charge in [0.15, 0.2) is 5.78 Å².